The van der Waals surface area contributed by atoms with E-state index in [0.29, 0.717) is 37.0 Å². The Morgan fingerprint density at radius 1 is 1.26 bits per heavy atom. The molecule has 0 aliphatic carbocycles. The largest absolute Gasteiger partial charge is 0.378 e. The molecule has 9 heteroatoms. The smallest absolute Gasteiger partial charge is 0.353 e. The molecule has 120 valence electrons. The summed E-state index contributed by atoms with van der Waals surface area (Å²) in [5.41, 5.74) is 0.373. The predicted octanol–water partition coefficient (Wildman–Crippen LogP) is 2.62. The lowest BCUT2D eigenvalue weighted by Gasteiger charge is -2.27. The minimum absolute atomic E-state index is 0.111. The molecule has 23 heavy (non-hydrogen) atoms. The lowest BCUT2D eigenvalue weighted by molar-refractivity contribution is -0.383. The highest BCUT2D eigenvalue weighted by molar-refractivity contribution is 6.33. The molecule has 1 fully saturated rings. The molecular weight excluding hydrogens is 322 g/mol. The number of para-hydroxylation sites is 1. The first kappa shape index (κ1) is 15.4. The molecule has 2 aromatic rings. The normalized spacial score (nSPS) is 14.6. The van der Waals surface area contributed by atoms with Crippen LogP contribution in [0.4, 0.5) is 23.0 Å². The number of rotatable bonds is 4. The molecule has 1 aliphatic heterocycles. The number of anilines is 3. The van der Waals surface area contributed by atoms with E-state index in [4.69, 9.17) is 16.3 Å². The van der Waals surface area contributed by atoms with E-state index in [-0.39, 0.29) is 17.3 Å². The van der Waals surface area contributed by atoms with Crippen LogP contribution in [-0.4, -0.2) is 41.2 Å². The zero-order valence-corrected chi connectivity index (χ0v) is 12.9. The number of aromatic nitrogens is 2. The lowest BCUT2D eigenvalue weighted by Crippen LogP contribution is -2.37. The fourth-order valence-electron chi connectivity index (χ4n) is 2.33. The minimum atomic E-state index is -0.482. The zero-order chi connectivity index (χ0) is 16.2. The second-order valence-corrected chi connectivity index (χ2v) is 5.26. The van der Waals surface area contributed by atoms with Crippen molar-refractivity contribution >= 4 is 34.6 Å². The Morgan fingerprint density at radius 3 is 2.70 bits per heavy atom. The van der Waals surface area contributed by atoms with Gasteiger partial charge in [0, 0.05) is 13.1 Å². The van der Waals surface area contributed by atoms with Crippen LogP contribution in [0.2, 0.25) is 5.02 Å². The van der Waals surface area contributed by atoms with Crippen molar-refractivity contribution in [3.8, 4) is 0 Å². The van der Waals surface area contributed by atoms with Gasteiger partial charge in [-0.3, -0.25) is 10.1 Å². The van der Waals surface area contributed by atoms with Gasteiger partial charge in [0.25, 0.3) is 0 Å². The summed E-state index contributed by atoms with van der Waals surface area (Å²) in [5, 5.41) is 14.9. The third-order valence-electron chi connectivity index (χ3n) is 3.42. The number of benzene rings is 1. The number of ether oxygens (including phenoxy) is 1. The third-order valence-corrected chi connectivity index (χ3v) is 3.75. The average molecular weight is 336 g/mol. The maximum Gasteiger partial charge on any atom is 0.353 e. The van der Waals surface area contributed by atoms with Gasteiger partial charge in [-0.2, -0.15) is 0 Å². The highest BCUT2D eigenvalue weighted by Crippen LogP contribution is 2.35. The number of hydrogen-bond acceptors (Lipinski definition) is 7. The van der Waals surface area contributed by atoms with Crippen molar-refractivity contribution in [3.63, 3.8) is 0 Å². The zero-order valence-electron chi connectivity index (χ0n) is 12.1. The fourth-order valence-corrected chi connectivity index (χ4v) is 2.51. The van der Waals surface area contributed by atoms with Gasteiger partial charge in [0.05, 0.1) is 28.8 Å². The van der Waals surface area contributed by atoms with E-state index < -0.39 is 4.92 Å². The van der Waals surface area contributed by atoms with Crippen LogP contribution in [0.25, 0.3) is 0 Å². The predicted molar refractivity (Wildman–Crippen MR) is 86.5 cm³/mol. The topological polar surface area (TPSA) is 93.4 Å². The molecule has 1 saturated heterocycles. The maximum atomic E-state index is 11.6. The van der Waals surface area contributed by atoms with Crippen molar-refractivity contribution in [1.29, 1.82) is 0 Å². The Balaban J connectivity index is 2.00. The van der Waals surface area contributed by atoms with Crippen molar-refractivity contribution in [2.75, 3.05) is 36.5 Å². The molecular formula is C14H14ClN5O3. The Morgan fingerprint density at radius 2 is 2.00 bits per heavy atom. The number of nitro groups is 1. The Kier molecular flexibility index (Phi) is 4.54. The van der Waals surface area contributed by atoms with E-state index in [9.17, 15) is 10.1 Å². The van der Waals surface area contributed by atoms with E-state index in [1.54, 1.807) is 24.3 Å². The van der Waals surface area contributed by atoms with Crippen molar-refractivity contribution in [3.05, 3.63) is 45.7 Å². The number of nitrogens with one attached hydrogen (secondary N) is 1. The Hall–Kier alpha value is -2.45. The highest BCUT2D eigenvalue weighted by Gasteiger charge is 2.28. The summed E-state index contributed by atoms with van der Waals surface area (Å²) in [6.07, 6.45) is 1.30. The standard InChI is InChI=1S/C14H14ClN5O3/c15-10-3-1-2-4-11(10)18-13-12(20(21)22)14(17-9-16-13)19-5-7-23-8-6-19/h1-4,9H,5-8H2,(H,16,17,18). The van der Waals surface area contributed by atoms with Gasteiger partial charge in [0.2, 0.25) is 11.6 Å². The molecule has 0 unspecified atom stereocenters. The van der Waals surface area contributed by atoms with Gasteiger partial charge >= 0.3 is 5.69 Å². The maximum absolute atomic E-state index is 11.6. The summed E-state index contributed by atoms with van der Waals surface area (Å²) in [5.74, 6) is 0.391. The molecule has 0 amide bonds. The highest BCUT2D eigenvalue weighted by atomic mass is 35.5. The Labute approximate surface area is 137 Å². The molecule has 0 saturated carbocycles. The van der Waals surface area contributed by atoms with Gasteiger partial charge in [-0.1, -0.05) is 23.7 Å². The molecule has 1 aromatic heterocycles. The number of nitrogens with zero attached hydrogens (tertiary/aromatic N) is 4. The molecule has 0 radical (unpaired) electrons. The van der Waals surface area contributed by atoms with Crippen molar-refractivity contribution in [1.82, 2.24) is 9.97 Å². The second kappa shape index (κ2) is 6.76. The molecule has 0 bridgehead atoms. The van der Waals surface area contributed by atoms with Gasteiger partial charge in [-0.05, 0) is 12.1 Å². The minimum Gasteiger partial charge on any atom is -0.378 e. The fraction of sp³-hybridized carbons (Fsp3) is 0.286. The van der Waals surface area contributed by atoms with Gasteiger partial charge in [-0.15, -0.1) is 0 Å². The SMILES string of the molecule is O=[N+]([O-])c1c(Nc2ccccc2Cl)ncnc1N1CCOCC1. The second-order valence-electron chi connectivity index (χ2n) is 4.86. The van der Waals surface area contributed by atoms with Crippen LogP contribution < -0.4 is 10.2 Å². The summed E-state index contributed by atoms with van der Waals surface area (Å²) >= 11 is 6.09. The van der Waals surface area contributed by atoms with Crippen molar-refractivity contribution in [2.45, 2.75) is 0 Å². The summed E-state index contributed by atoms with van der Waals surface area (Å²) in [7, 11) is 0. The molecule has 8 nitrogen and oxygen atoms in total. The Bertz CT molecular complexity index is 721. The van der Waals surface area contributed by atoms with E-state index in [1.165, 1.54) is 6.33 Å². The molecule has 0 atom stereocenters. The number of morpholine rings is 1. The van der Waals surface area contributed by atoms with Crippen LogP contribution >= 0.6 is 11.6 Å². The summed E-state index contributed by atoms with van der Waals surface area (Å²) in [6, 6.07) is 6.98. The van der Waals surface area contributed by atoms with E-state index in [1.807, 2.05) is 4.90 Å². The van der Waals surface area contributed by atoms with Gasteiger partial charge in [0.15, 0.2) is 0 Å². The molecule has 3 rings (SSSR count). The first-order chi connectivity index (χ1) is 11.2. The van der Waals surface area contributed by atoms with Gasteiger partial charge in [-0.25, -0.2) is 9.97 Å². The van der Waals surface area contributed by atoms with Gasteiger partial charge < -0.3 is 15.0 Å². The number of hydrogen-bond donors (Lipinski definition) is 1. The first-order valence-corrected chi connectivity index (χ1v) is 7.38. The molecule has 1 N–H and O–H groups in total. The monoisotopic (exact) mass is 335 g/mol. The molecule has 1 aliphatic rings. The van der Waals surface area contributed by atoms with Gasteiger partial charge in [0.1, 0.15) is 6.33 Å². The third kappa shape index (κ3) is 3.33. The van der Waals surface area contributed by atoms with E-state index in [0.717, 1.165) is 0 Å². The average Bonchev–Trinajstić information content (AvgIpc) is 2.57. The molecule has 0 spiro atoms. The van der Waals surface area contributed by atoms with Crippen LogP contribution in [0.3, 0.4) is 0 Å². The summed E-state index contributed by atoms with van der Waals surface area (Å²) in [6.45, 7) is 2.11. The lowest BCUT2D eigenvalue weighted by atomic mass is 10.3. The number of halogens is 1. The molecule has 1 aromatic carbocycles. The molecule has 2 heterocycles. The van der Waals surface area contributed by atoms with Crippen molar-refractivity contribution < 1.29 is 9.66 Å². The van der Waals surface area contributed by atoms with Crippen LogP contribution in [0.5, 0.6) is 0 Å². The summed E-state index contributed by atoms with van der Waals surface area (Å²) in [4.78, 5) is 21.0. The quantitative estimate of drug-likeness (QED) is 0.678. The van der Waals surface area contributed by atoms with E-state index >= 15 is 0 Å². The van der Waals surface area contributed by atoms with Crippen LogP contribution in [0.1, 0.15) is 0 Å². The van der Waals surface area contributed by atoms with Crippen LogP contribution in [0, 0.1) is 10.1 Å². The summed E-state index contributed by atoms with van der Waals surface area (Å²) < 4.78 is 5.28. The van der Waals surface area contributed by atoms with E-state index in [2.05, 4.69) is 15.3 Å². The van der Waals surface area contributed by atoms with Crippen molar-refractivity contribution in [2.24, 2.45) is 0 Å². The van der Waals surface area contributed by atoms with Crippen LogP contribution in [0.15, 0.2) is 30.6 Å². The van der Waals surface area contributed by atoms with Crippen LogP contribution in [-0.2, 0) is 4.74 Å². The first-order valence-electron chi connectivity index (χ1n) is 7.00.